The molecular formula is C13H18O3. The Morgan fingerprint density at radius 1 is 1.31 bits per heavy atom. The van der Waals surface area contributed by atoms with Crippen molar-refractivity contribution in [1.82, 2.24) is 0 Å². The first-order chi connectivity index (χ1) is 7.41. The van der Waals surface area contributed by atoms with Gasteiger partial charge in [-0.3, -0.25) is 4.79 Å². The van der Waals surface area contributed by atoms with Gasteiger partial charge in [-0.05, 0) is 49.4 Å². The van der Waals surface area contributed by atoms with Crippen molar-refractivity contribution in [2.75, 3.05) is 0 Å². The molecule has 16 heavy (non-hydrogen) atoms. The van der Waals surface area contributed by atoms with Gasteiger partial charge in [0.15, 0.2) is 0 Å². The zero-order chi connectivity index (χ0) is 12.3. The maximum absolute atomic E-state index is 10.7. The minimum absolute atomic E-state index is 0.265. The standard InChI is InChI=1S/C13H18O3/c1-8(13(15)16)4-5-11-6-9(2)10(3)7-12(11)14/h6-8,14H,4-5H2,1-3H3,(H,15,16). The number of phenols is 1. The summed E-state index contributed by atoms with van der Waals surface area (Å²) in [5, 5.41) is 18.5. The van der Waals surface area contributed by atoms with Crippen LogP contribution in [0.25, 0.3) is 0 Å². The SMILES string of the molecule is Cc1cc(O)c(CCC(C)C(=O)O)cc1C. The van der Waals surface area contributed by atoms with Crippen molar-refractivity contribution in [2.24, 2.45) is 5.92 Å². The van der Waals surface area contributed by atoms with Crippen LogP contribution in [-0.4, -0.2) is 16.2 Å². The van der Waals surface area contributed by atoms with Gasteiger partial charge in [0, 0.05) is 0 Å². The average molecular weight is 222 g/mol. The first kappa shape index (κ1) is 12.6. The van der Waals surface area contributed by atoms with Crippen LogP contribution >= 0.6 is 0 Å². The molecule has 1 rings (SSSR count). The zero-order valence-corrected chi connectivity index (χ0v) is 9.95. The van der Waals surface area contributed by atoms with Crippen molar-refractivity contribution >= 4 is 5.97 Å². The molecule has 1 unspecified atom stereocenters. The predicted molar refractivity (Wildman–Crippen MR) is 62.7 cm³/mol. The number of carbonyl (C=O) groups is 1. The largest absolute Gasteiger partial charge is 0.508 e. The molecule has 88 valence electrons. The Kier molecular flexibility index (Phi) is 3.93. The lowest BCUT2D eigenvalue weighted by Crippen LogP contribution is -2.10. The number of aromatic hydroxyl groups is 1. The fourth-order valence-electron chi connectivity index (χ4n) is 1.56. The number of hydrogen-bond acceptors (Lipinski definition) is 2. The molecule has 0 aromatic heterocycles. The quantitative estimate of drug-likeness (QED) is 0.823. The second-order valence-corrected chi connectivity index (χ2v) is 4.34. The Morgan fingerprint density at radius 3 is 2.44 bits per heavy atom. The number of rotatable bonds is 4. The summed E-state index contributed by atoms with van der Waals surface area (Å²) < 4.78 is 0. The van der Waals surface area contributed by atoms with Crippen molar-refractivity contribution in [3.05, 3.63) is 28.8 Å². The van der Waals surface area contributed by atoms with Crippen LogP contribution < -0.4 is 0 Å². The van der Waals surface area contributed by atoms with Crippen molar-refractivity contribution in [3.63, 3.8) is 0 Å². The summed E-state index contributed by atoms with van der Waals surface area (Å²) in [4.78, 5) is 10.7. The number of carboxylic acids is 1. The van der Waals surface area contributed by atoms with Crippen molar-refractivity contribution in [1.29, 1.82) is 0 Å². The lowest BCUT2D eigenvalue weighted by molar-refractivity contribution is -0.141. The van der Waals surface area contributed by atoms with Crippen LogP contribution in [0.15, 0.2) is 12.1 Å². The summed E-state index contributed by atoms with van der Waals surface area (Å²) in [7, 11) is 0. The number of carboxylic acid groups (broad SMARTS) is 1. The van der Waals surface area contributed by atoms with Crippen LogP contribution in [0.4, 0.5) is 0 Å². The van der Waals surface area contributed by atoms with E-state index in [2.05, 4.69) is 0 Å². The highest BCUT2D eigenvalue weighted by Crippen LogP contribution is 2.24. The predicted octanol–water partition coefficient (Wildman–Crippen LogP) is 2.66. The minimum Gasteiger partial charge on any atom is -0.508 e. The van der Waals surface area contributed by atoms with Crippen LogP contribution in [0.5, 0.6) is 5.75 Å². The fraction of sp³-hybridized carbons (Fsp3) is 0.462. The van der Waals surface area contributed by atoms with Crippen LogP contribution in [0, 0.1) is 19.8 Å². The van der Waals surface area contributed by atoms with Crippen molar-refractivity contribution in [3.8, 4) is 5.75 Å². The molecule has 0 heterocycles. The molecule has 0 radical (unpaired) electrons. The normalized spacial score (nSPS) is 12.4. The Morgan fingerprint density at radius 2 is 1.88 bits per heavy atom. The molecule has 2 N–H and O–H groups in total. The molecule has 0 aliphatic heterocycles. The molecule has 0 amide bonds. The molecule has 0 aliphatic rings. The van der Waals surface area contributed by atoms with Gasteiger partial charge in [-0.15, -0.1) is 0 Å². The Balaban J connectivity index is 2.74. The lowest BCUT2D eigenvalue weighted by atomic mass is 9.97. The number of hydrogen-bond donors (Lipinski definition) is 2. The van der Waals surface area contributed by atoms with E-state index in [0.717, 1.165) is 16.7 Å². The van der Waals surface area contributed by atoms with E-state index in [1.165, 1.54) is 0 Å². The van der Waals surface area contributed by atoms with E-state index < -0.39 is 5.97 Å². The average Bonchev–Trinajstić information content (AvgIpc) is 2.20. The Hall–Kier alpha value is -1.51. The minimum atomic E-state index is -0.789. The van der Waals surface area contributed by atoms with E-state index in [-0.39, 0.29) is 11.7 Å². The van der Waals surface area contributed by atoms with E-state index in [9.17, 15) is 9.90 Å². The summed E-state index contributed by atoms with van der Waals surface area (Å²) >= 11 is 0. The van der Waals surface area contributed by atoms with Crippen LogP contribution in [-0.2, 0) is 11.2 Å². The smallest absolute Gasteiger partial charge is 0.306 e. The molecule has 0 spiro atoms. The number of benzene rings is 1. The summed E-state index contributed by atoms with van der Waals surface area (Å²) in [5.74, 6) is -0.898. The number of aliphatic carboxylic acids is 1. The third kappa shape index (κ3) is 2.99. The highest BCUT2D eigenvalue weighted by molar-refractivity contribution is 5.69. The van der Waals surface area contributed by atoms with Crippen LogP contribution in [0.2, 0.25) is 0 Å². The monoisotopic (exact) mass is 222 g/mol. The van der Waals surface area contributed by atoms with E-state index >= 15 is 0 Å². The molecule has 1 atom stereocenters. The molecule has 0 fully saturated rings. The van der Waals surface area contributed by atoms with Crippen molar-refractivity contribution in [2.45, 2.75) is 33.6 Å². The van der Waals surface area contributed by atoms with Crippen LogP contribution in [0.1, 0.15) is 30.0 Å². The molecule has 1 aromatic carbocycles. The van der Waals surface area contributed by atoms with Gasteiger partial charge in [0.2, 0.25) is 0 Å². The van der Waals surface area contributed by atoms with Gasteiger partial charge in [-0.25, -0.2) is 0 Å². The van der Waals surface area contributed by atoms with Gasteiger partial charge >= 0.3 is 5.97 Å². The van der Waals surface area contributed by atoms with E-state index in [4.69, 9.17) is 5.11 Å². The molecule has 0 saturated heterocycles. The summed E-state index contributed by atoms with van der Waals surface area (Å²) in [6, 6.07) is 3.66. The van der Waals surface area contributed by atoms with E-state index in [0.29, 0.717) is 12.8 Å². The molecule has 3 nitrogen and oxygen atoms in total. The summed E-state index contributed by atoms with van der Waals surface area (Å²) in [5.41, 5.74) is 3.00. The molecule has 0 aliphatic carbocycles. The van der Waals surface area contributed by atoms with Crippen molar-refractivity contribution < 1.29 is 15.0 Å². The number of phenolic OH excluding ortho intramolecular Hbond substituents is 1. The molecule has 1 aromatic rings. The second kappa shape index (κ2) is 5.01. The Labute approximate surface area is 95.7 Å². The maximum Gasteiger partial charge on any atom is 0.306 e. The topological polar surface area (TPSA) is 57.5 Å². The van der Waals surface area contributed by atoms with Gasteiger partial charge in [-0.1, -0.05) is 13.0 Å². The third-order valence-electron chi connectivity index (χ3n) is 2.96. The second-order valence-electron chi connectivity index (χ2n) is 4.34. The van der Waals surface area contributed by atoms with Gasteiger partial charge in [0.1, 0.15) is 5.75 Å². The Bertz CT molecular complexity index is 396. The summed E-state index contributed by atoms with van der Waals surface area (Å²) in [6.07, 6.45) is 1.14. The zero-order valence-electron chi connectivity index (χ0n) is 9.95. The molecular weight excluding hydrogens is 204 g/mol. The van der Waals surface area contributed by atoms with E-state index in [1.54, 1.807) is 13.0 Å². The van der Waals surface area contributed by atoms with Gasteiger partial charge in [-0.2, -0.15) is 0 Å². The number of aryl methyl sites for hydroxylation is 3. The summed E-state index contributed by atoms with van der Waals surface area (Å²) in [6.45, 7) is 5.61. The van der Waals surface area contributed by atoms with Gasteiger partial charge in [0.25, 0.3) is 0 Å². The first-order valence-corrected chi connectivity index (χ1v) is 5.43. The highest BCUT2D eigenvalue weighted by atomic mass is 16.4. The maximum atomic E-state index is 10.7. The van der Waals surface area contributed by atoms with E-state index in [1.807, 2.05) is 19.9 Å². The van der Waals surface area contributed by atoms with Gasteiger partial charge in [0.05, 0.1) is 5.92 Å². The molecule has 0 saturated carbocycles. The lowest BCUT2D eigenvalue weighted by Gasteiger charge is -2.10. The van der Waals surface area contributed by atoms with Crippen LogP contribution in [0.3, 0.4) is 0 Å². The molecule has 0 bridgehead atoms. The molecule has 3 heteroatoms. The third-order valence-corrected chi connectivity index (χ3v) is 2.96. The van der Waals surface area contributed by atoms with Gasteiger partial charge < -0.3 is 10.2 Å². The fourth-order valence-corrected chi connectivity index (χ4v) is 1.56. The highest BCUT2D eigenvalue weighted by Gasteiger charge is 2.12. The first-order valence-electron chi connectivity index (χ1n) is 5.43.